The maximum Gasteiger partial charge on any atom is 0.336 e. The summed E-state index contributed by atoms with van der Waals surface area (Å²) in [6.45, 7) is 3.76. The van der Waals surface area contributed by atoms with Gasteiger partial charge < -0.3 is 9.52 Å². The summed E-state index contributed by atoms with van der Waals surface area (Å²) in [6.07, 6.45) is 0. The molecule has 0 saturated heterocycles. The second-order valence-corrected chi connectivity index (χ2v) is 5.10. The van der Waals surface area contributed by atoms with Crippen molar-refractivity contribution in [2.75, 3.05) is 0 Å². The van der Waals surface area contributed by atoms with Crippen LogP contribution in [-0.4, -0.2) is 5.11 Å². The quantitative estimate of drug-likeness (QED) is 0.557. The number of phenolic OH excluding ortho intramolecular Hbond substituents is 1. The molecule has 0 bridgehead atoms. The van der Waals surface area contributed by atoms with Crippen molar-refractivity contribution in [1.82, 2.24) is 0 Å². The highest BCUT2D eigenvalue weighted by molar-refractivity contribution is 5.92. The fraction of sp³-hybridized carbons (Fsp3) is 0.118. The molecular weight excluding hydrogens is 280 g/mol. The lowest BCUT2D eigenvalue weighted by atomic mass is 10.1. The molecule has 110 valence electrons. The number of hydrogen-bond donors (Lipinski definition) is 1. The van der Waals surface area contributed by atoms with Crippen LogP contribution in [0.25, 0.3) is 11.0 Å². The first kappa shape index (κ1) is 14.0. The van der Waals surface area contributed by atoms with Gasteiger partial charge in [0.05, 0.1) is 5.69 Å². The molecule has 0 radical (unpaired) electrons. The van der Waals surface area contributed by atoms with Crippen LogP contribution in [0.5, 0.6) is 5.75 Å². The Balaban J connectivity index is 2.18. The largest absolute Gasteiger partial charge is 0.505 e. The Morgan fingerprint density at radius 1 is 1.05 bits per heavy atom. The third kappa shape index (κ3) is 2.61. The molecule has 0 atom stereocenters. The van der Waals surface area contributed by atoms with Crippen molar-refractivity contribution in [1.29, 1.82) is 0 Å². The van der Waals surface area contributed by atoms with Gasteiger partial charge in [-0.2, -0.15) is 5.11 Å². The highest BCUT2D eigenvalue weighted by atomic mass is 16.4. The lowest BCUT2D eigenvalue weighted by molar-refractivity contribution is 0.474. The third-order valence-electron chi connectivity index (χ3n) is 3.34. The van der Waals surface area contributed by atoms with E-state index in [2.05, 4.69) is 10.2 Å². The molecule has 1 heterocycles. The van der Waals surface area contributed by atoms with Crippen LogP contribution < -0.4 is 5.63 Å². The Kier molecular flexibility index (Phi) is 3.47. The van der Waals surface area contributed by atoms with Crippen molar-refractivity contribution in [3.8, 4) is 5.75 Å². The number of aromatic hydroxyl groups is 1. The minimum absolute atomic E-state index is 0.0855. The number of aryl methyl sites for hydroxylation is 2. The normalized spacial score (nSPS) is 11.4. The number of benzene rings is 2. The Morgan fingerprint density at radius 2 is 1.86 bits per heavy atom. The third-order valence-corrected chi connectivity index (χ3v) is 3.34. The van der Waals surface area contributed by atoms with E-state index in [4.69, 9.17) is 4.42 Å². The number of fused-ring (bicyclic) bond motifs is 1. The molecule has 3 rings (SSSR count). The van der Waals surface area contributed by atoms with Crippen LogP contribution in [0.15, 0.2) is 61.9 Å². The number of nitrogens with zero attached hydrogens (tertiary/aromatic N) is 2. The molecule has 5 heteroatoms. The van der Waals surface area contributed by atoms with Crippen molar-refractivity contribution in [2.24, 2.45) is 10.2 Å². The summed E-state index contributed by atoms with van der Waals surface area (Å²) in [5, 5.41) is 18.9. The minimum atomic E-state index is -0.484. The summed E-state index contributed by atoms with van der Waals surface area (Å²) in [4.78, 5) is 11.6. The van der Waals surface area contributed by atoms with E-state index in [0.29, 0.717) is 5.69 Å². The van der Waals surface area contributed by atoms with Crippen LogP contribution in [0.3, 0.4) is 0 Å². The molecule has 3 aromatic rings. The topological polar surface area (TPSA) is 75.2 Å². The first-order valence-electron chi connectivity index (χ1n) is 6.79. The molecule has 22 heavy (non-hydrogen) atoms. The monoisotopic (exact) mass is 294 g/mol. The van der Waals surface area contributed by atoms with Crippen LogP contribution in [0.4, 0.5) is 11.4 Å². The molecule has 0 amide bonds. The van der Waals surface area contributed by atoms with Gasteiger partial charge in [0, 0.05) is 11.5 Å². The van der Waals surface area contributed by atoms with Crippen LogP contribution in [0.2, 0.25) is 0 Å². The number of hydrogen-bond acceptors (Lipinski definition) is 5. The van der Waals surface area contributed by atoms with Gasteiger partial charge in [0.15, 0.2) is 11.3 Å². The van der Waals surface area contributed by atoms with Gasteiger partial charge >= 0.3 is 5.63 Å². The standard InChI is InChI=1S/C17H14N2O3/c1-10-4-3-5-12(8-10)18-19-16-14(20)7-6-13-11(2)9-15(21)22-17(13)16/h3-9,20H,1-2H3. The summed E-state index contributed by atoms with van der Waals surface area (Å²) in [6, 6.07) is 12.1. The van der Waals surface area contributed by atoms with Crippen molar-refractivity contribution < 1.29 is 9.52 Å². The molecule has 5 nitrogen and oxygen atoms in total. The molecular formula is C17H14N2O3. The van der Waals surface area contributed by atoms with Gasteiger partial charge in [-0.25, -0.2) is 4.79 Å². The minimum Gasteiger partial charge on any atom is -0.505 e. The molecule has 0 saturated carbocycles. The highest BCUT2D eigenvalue weighted by Gasteiger charge is 2.11. The fourth-order valence-electron chi connectivity index (χ4n) is 2.25. The zero-order chi connectivity index (χ0) is 15.7. The van der Waals surface area contributed by atoms with Gasteiger partial charge in [-0.05, 0) is 49.2 Å². The van der Waals surface area contributed by atoms with Crippen LogP contribution in [0, 0.1) is 13.8 Å². The average Bonchev–Trinajstić information content (AvgIpc) is 2.46. The molecule has 0 unspecified atom stereocenters. The summed E-state index contributed by atoms with van der Waals surface area (Å²) >= 11 is 0. The summed E-state index contributed by atoms with van der Waals surface area (Å²) in [5.74, 6) is -0.0855. The molecule has 0 aliphatic heterocycles. The fourth-order valence-corrected chi connectivity index (χ4v) is 2.25. The van der Waals surface area contributed by atoms with E-state index in [1.165, 1.54) is 12.1 Å². The first-order valence-corrected chi connectivity index (χ1v) is 6.79. The molecule has 0 aliphatic rings. The van der Waals surface area contributed by atoms with Crippen molar-refractivity contribution in [2.45, 2.75) is 13.8 Å². The lowest BCUT2D eigenvalue weighted by Gasteiger charge is -2.04. The molecule has 0 fully saturated rings. The van der Waals surface area contributed by atoms with Gasteiger partial charge in [0.25, 0.3) is 0 Å². The van der Waals surface area contributed by atoms with E-state index < -0.39 is 5.63 Å². The highest BCUT2D eigenvalue weighted by Crippen LogP contribution is 2.36. The smallest absolute Gasteiger partial charge is 0.336 e. The molecule has 1 aromatic heterocycles. The number of rotatable bonds is 2. The molecule has 1 N–H and O–H groups in total. The van der Waals surface area contributed by atoms with E-state index in [-0.39, 0.29) is 17.0 Å². The van der Waals surface area contributed by atoms with Crippen LogP contribution >= 0.6 is 0 Å². The molecule has 0 spiro atoms. The van der Waals surface area contributed by atoms with E-state index in [1.807, 2.05) is 25.1 Å². The van der Waals surface area contributed by atoms with E-state index in [9.17, 15) is 9.90 Å². The van der Waals surface area contributed by atoms with Crippen LogP contribution in [-0.2, 0) is 0 Å². The maximum absolute atomic E-state index is 11.6. The lowest BCUT2D eigenvalue weighted by Crippen LogP contribution is -1.97. The predicted octanol–water partition coefficient (Wildman–Crippen LogP) is 4.53. The summed E-state index contributed by atoms with van der Waals surface area (Å²) < 4.78 is 5.20. The average molecular weight is 294 g/mol. The van der Waals surface area contributed by atoms with E-state index in [0.717, 1.165) is 16.5 Å². The summed E-state index contributed by atoms with van der Waals surface area (Å²) in [5.41, 5.74) is 2.38. The van der Waals surface area contributed by atoms with Crippen molar-refractivity contribution in [3.05, 3.63) is 64.0 Å². The van der Waals surface area contributed by atoms with Gasteiger partial charge in [-0.1, -0.05) is 12.1 Å². The Bertz CT molecular complexity index is 942. The van der Waals surface area contributed by atoms with E-state index >= 15 is 0 Å². The van der Waals surface area contributed by atoms with Gasteiger partial charge in [0.1, 0.15) is 5.75 Å². The Hall–Kier alpha value is -2.95. The van der Waals surface area contributed by atoms with Crippen LogP contribution in [0.1, 0.15) is 11.1 Å². The SMILES string of the molecule is Cc1cccc(N=Nc2c(O)ccc3c(C)cc(=O)oc23)c1. The maximum atomic E-state index is 11.6. The van der Waals surface area contributed by atoms with Crippen molar-refractivity contribution in [3.63, 3.8) is 0 Å². The Labute approximate surface area is 126 Å². The zero-order valence-electron chi connectivity index (χ0n) is 12.2. The molecule has 0 aliphatic carbocycles. The predicted molar refractivity (Wildman–Crippen MR) is 84.2 cm³/mol. The zero-order valence-corrected chi connectivity index (χ0v) is 12.2. The number of azo groups is 1. The second-order valence-electron chi connectivity index (χ2n) is 5.10. The number of phenols is 1. The Morgan fingerprint density at radius 3 is 2.64 bits per heavy atom. The van der Waals surface area contributed by atoms with E-state index in [1.54, 1.807) is 19.1 Å². The second kappa shape index (κ2) is 5.44. The summed E-state index contributed by atoms with van der Waals surface area (Å²) in [7, 11) is 0. The first-order chi connectivity index (χ1) is 10.5. The van der Waals surface area contributed by atoms with Crippen molar-refractivity contribution >= 4 is 22.3 Å². The van der Waals surface area contributed by atoms with Gasteiger partial charge in [-0.3, -0.25) is 0 Å². The van der Waals surface area contributed by atoms with Gasteiger partial charge in [-0.15, -0.1) is 5.11 Å². The molecule has 2 aromatic carbocycles. The van der Waals surface area contributed by atoms with Gasteiger partial charge in [0.2, 0.25) is 0 Å².